The fourth-order valence-corrected chi connectivity index (χ4v) is 3.03. The van der Waals surface area contributed by atoms with Crippen LogP contribution in [0.3, 0.4) is 0 Å². The van der Waals surface area contributed by atoms with Crippen LogP contribution in [0, 0.1) is 0 Å². The van der Waals surface area contributed by atoms with E-state index < -0.39 is 0 Å². The molecule has 0 aromatic carbocycles. The number of nitrogens with zero attached hydrogens (tertiary/aromatic N) is 1. The highest BCUT2D eigenvalue weighted by Gasteiger charge is 2.32. The van der Waals surface area contributed by atoms with E-state index in [2.05, 4.69) is 15.5 Å². The molecule has 0 aromatic rings. The van der Waals surface area contributed by atoms with Gasteiger partial charge < -0.3 is 15.4 Å². The molecule has 0 aromatic heterocycles. The third-order valence-electron chi connectivity index (χ3n) is 3.40. The van der Waals surface area contributed by atoms with Crippen molar-refractivity contribution in [2.45, 2.75) is 12.5 Å². The molecule has 0 atom stereocenters. The van der Waals surface area contributed by atoms with Crippen LogP contribution in [0.4, 0.5) is 0 Å². The van der Waals surface area contributed by atoms with Crippen molar-refractivity contribution in [2.75, 3.05) is 57.4 Å². The van der Waals surface area contributed by atoms with Crippen LogP contribution in [0.1, 0.15) is 6.92 Å². The number of nitrogens with one attached hydrogen (secondary N) is 2. The second kappa shape index (κ2) is 6.75. The number of ether oxygens (including phenoxy) is 1. The van der Waals surface area contributed by atoms with Gasteiger partial charge in [0.2, 0.25) is 5.91 Å². The summed E-state index contributed by atoms with van der Waals surface area (Å²) < 4.78 is 5.58. The van der Waals surface area contributed by atoms with Crippen molar-refractivity contribution >= 4 is 17.7 Å². The Hall–Kier alpha value is -0.300. The summed E-state index contributed by atoms with van der Waals surface area (Å²) in [7, 11) is 0. The first-order valence-corrected chi connectivity index (χ1v) is 7.75. The highest BCUT2D eigenvalue weighted by Crippen LogP contribution is 2.14. The maximum Gasteiger partial charge on any atom is 0.246 e. The molecule has 6 heteroatoms. The minimum atomic E-state index is -0.137. The zero-order valence-corrected chi connectivity index (χ0v) is 11.9. The predicted octanol–water partition coefficient (Wildman–Crippen LogP) is -0.470. The van der Waals surface area contributed by atoms with E-state index in [1.807, 2.05) is 18.7 Å². The van der Waals surface area contributed by atoms with Gasteiger partial charge in [-0.1, -0.05) is 0 Å². The number of carbonyl (C=O) groups excluding carboxylic acids is 1. The third kappa shape index (κ3) is 4.42. The lowest BCUT2D eigenvalue weighted by Crippen LogP contribution is -2.59. The van der Waals surface area contributed by atoms with Gasteiger partial charge >= 0.3 is 0 Å². The Balaban J connectivity index is 1.51. The van der Waals surface area contributed by atoms with Gasteiger partial charge in [-0.15, -0.1) is 0 Å². The number of amides is 1. The molecule has 0 bridgehead atoms. The smallest absolute Gasteiger partial charge is 0.246 e. The standard InChI is InChI=1S/C12H23N3O2S/c1-12(9-13-10-12)17-8-11(16)14-2-3-15-4-6-18-7-5-15/h13H,2-10H2,1H3,(H,14,16). The number of carbonyl (C=O) groups is 1. The van der Waals surface area contributed by atoms with Gasteiger partial charge in [-0.05, 0) is 6.92 Å². The SMILES string of the molecule is CC1(OCC(=O)NCCN2CCSCC2)CNC1. The second-order valence-electron chi connectivity index (χ2n) is 5.15. The molecule has 0 unspecified atom stereocenters. The summed E-state index contributed by atoms with van der Waals surface area (Å²) in [6, 6.07) is 0. The maximum absolute atomic E-state index is 11.6. The highest BCUT2D eigenvalue weighted by molar-refractivity contribution is 7.99. The Morgan fingerprint density at radius 1 is 1.44 bits per heavy atom. The molecule has 104 valence electrons. The Morgan fingerprint density at radius 3 is 2.78 bits per heavy atom. The van der Waals surface area contributed by atoms with Gasteiger partial charge in [0.15, 0.2) is 0 Å². The van der Waals surface area contributed by atoms with Crippen molar-refractivity contribution in [2.24, 2.45) is 0 Å². The van der Waals surface area contributed by atoms with Gasteiger partial charge in [-0.2, -0.15) is 11.8 Å². The van der Waals surface area contributed by atoms with Crippen LogP contribution in [-0.4, -0.2) is 73.8 Å². The molecule has 2 aliphatic rings. The number of hydrogen-bond acceptors (Lipinski definition) is 5. The van der Waals surface area contributed by atoms with Crippen LogP contribution in [0.15, 0.2) is 0 Å². The molecule has 0 spiro atoms. The highest BCUT2D eigenvalue weighted by atomic mass is 32.2. The Bertz CT molecular complexity index is 278. The quantitative estimate of drug-likeness (QED) is 0.685. The molecule has 2 saturated heterocycles. The first-order valence-electron chi connectivity index (χ1n) is 6.59. The molecule has 5 nitrogen and oxygen atoms in total. The van der Waals surface area contributed by atoms with E-state index in [0.29, 0.717) is 0 Å². The molecule has 2 fully saturated rings. The Labute approximate surface area is 113 Å². The normalized spacial score (nSPS) is 23.4. The molecule has 2 aliphatic heterocycles. The lowest BCUT2D eigenvalue weighted by molar-refractivity contribution is -0.135. The van der Waals surface area contributed by atoms with Crippen molar-refractivity contribution in [3.05, 3.63) is 0 Å². The van der Waals surface area contributed by atoms with Crippen LogP contribution in [-0.2, 0) is 9.53 Å². The second-order valence-corrected chi connectivity index (χ2v) is 6.37. The van der Waals surface area contributed by atoms with Crippen molar-refractivity contribution < 1.29 is 9.53 Å². The number of hydrogen-bond donors (Lipinski definition) is 2. The molecular weight excluding hydrogens is 250 g/mol. The predicted molar refractivity (Wildman–Crippen MR) is 74.0 cm³/mol. The van der Waals surface area contributed by atoms with Crippen LogP contribution in [0.25, 0.3) is 0 Å². The Morgan fingerprint density at radius 2 is 2.17 bits per heavy atom. The minimum Gasteiger partial charge on any atom is -0.363 e. The lowest BCUT2D eigenvalue weighted by Gasteiger charge is -2.38. The summed E-state index contributed by atoms with van der Waals surface area (Å²) in [5, 5.41) is 6.06. The number of rotatable bonds is 6. The summed E-state index contributed by atoms with van der Waals surface area (Å²) in [4.78, 5) is 14.0. The van der Waals surface area contributed by atoms with E-state index in [4.69, 9.17) is 4.74 Å². The number of thioether (sulfide) groups is 1. The van der Waals surface area contributed by atoms with E-state index in [9.17, 15) is 4.79 Å². The summed E-state index contributed by atoms with van der Waals surface area (Å²) >= 11 is 2.00. The molecular formula is C12H23N3O2S. The van der Waals surface area contributed by atoms with E-state index in [1.165, 1.54) is 11.5 Å². The Kier molecular flexibility index (Phi) is 5.29. The zero-order valence-electron chi connectivity index (χ0n) is 11.0. The summed E-state index contributed by atoms with van der Waals surface area (Å²) in [6.07, 6.45) is 0. The zero-order chi connectivity index (χ0) is 12.8. The van der Waals surface area contributed by atoms with E-state index in [0.717, 1.165) is 39.3 Å². The average molecular weight is 273 g/mol. The first-order chi connectivity index (χ1) is 8.68. The van der Waals surface area contributed by atoms with Gasteiger partial charge in [0.05, 0.1) is 5.60 Å². The van der Waals surface area contributed by atoms with Gasteiger partial charge in [0.1, 0.15) is 6.61 Å². The van der Waals surface area contributed by atoms with Gasteiger partial charge in [-0.25, -0.2) is 0 Å². The minimum absolute atomic E-state index is 0.00508. The monoisotopic (exact) mass is 273 g/mol. The molecule has 0 radical (unpaired) electrons. The van der Waals surface area contributed by atoms with Crippen LogP contribution < -0.4 is 10.6 Å². The van der Waals surface area contributed by atoms with E-state index >= 15 is 0 Å². The van der Waals surface area contributed by atoms with Crippen molar-refractivity contribution in [3.63, 3.8) is 0 Å². The molecule has 2 heterocycles. The van der Waals surface area contributed by atoms with Crippen LogP contribution in [0.5, 0.6) is 0 Å². The summed E-state index contributed by atoms with van der Waals surface area (Å²) in [5.74, 6) is 2.42. The van der Waals surface area contributed by atoms with E-state index in [1.54, 1.807) is 0 Å². The molecule has 1 amide bonds. The van der Waals surface area contributed by atoms with Crippen LogP contribution >= 0.6 is 11.8 Å². The summed E-state index contributed by atoms with van der Waals surface area (Å²) in [5.41, 5.74) is -0.137. The van der Waals surface area contributed by atoms with Gasteiger partial charge in [0.25, 0.3) is 0 Å². The molecule has 0 saturated carbocycles. The summed E-state index contributed by atoms with van der Waals surface area (Å²) in [6.45, 7) is 7.84. The molecule has 18 heavy (non-hydrogen) atoms. The molecule has 2 rings (SSSR count). The van der Waals surface area contributed by atoms with Crippen molar-refractivity contribution in [1.82, 2.24) is 15.5 Å². The fraction of sp³-hybridized carbons (Fsp3) is 0.917. The maximum atomic E-state index is 11.6. The van der Waals surface area contributed by atoms with E-state index in [-0.39, 0.29) is 18.1 Å². The molecule has 2 N–H and O–H groups in total. The lowest BCUT2D eigenvalue weighted by atomic mass is 10.0. The average Bonchev–Trinajstić information content (AvgIpc) is 2.35. The van der Waals surface area contributed by atoms with Crippen molar-refractivity contribution in [1.29, 1.82) is 0 Å². The van der Waals surface area contributed by atoms with Crippen molar-refractivity contribution in [3.8, 4) is 0 Å². The van der Waals surface area contributed by atoms with Gasteiger partial charge in [0, 0.05) is 50.8 Å². The van der Waals surface area contributed by atoms with Crippen LogP contribution in [0.2, 0.25) is 0 Å². The third-order valence-corrected chi connectivity index (χ3v) is 4.35. The fourth-order valence-electron chi connectivity index (χ4n) is 2.05. The topological polar surface area (TPSA) is 53.6 Å². The van der Waals surface area contributed by atoms with Gasteiger partial charge in [-0.3, -0.25) is 9.69 Å². The first kappa shape index (κ1) is 14.1. The largest absolute Gasteiger partial charge is 0.363 e. The molecule has 0 aliphatic carbocycles.